The van der Waals surface area contributed by atoms with E-state index in [1.54, 1.807) is 12.1 Å². The van der Waals surface area contributed by atoms with Crippen molar-refractivity contribution in [1.82, 2.24) is 10.5 Å². The average molecular weight is 530 g/mol. The van der Waals surface area contributed by atoms with Crippen molar-refractivity contribution >= 4 is 17.9 Å². The van der Waals surface area contributed by atoms with E-state index < -0.39 is 48.1 Å². The van der Waals surface area contributed by atoms with E-state index in [1.165, 1.54) is 0 Å². The van der Waals surface area contributed by atoms with Crippen LogP contribution in [0.4, 0.5) is 13.2 Å². The zero-order valence-electron chi connectivity index (χ0n) is 20.0. The van der Waals surface area contributed by atoms with Crippen LogP contribution >= 0.6 is 0 Å². The summed E-state index contributed by atoms with van der Waals surface area (Å²) < 4.78 is 43.0. The SMILES string of the molecule is Cc1cc(C[C@@H]2CCC[C@H]2NCc2ccc(C(F)(F)F)cc2)on1.O=C(O)CC(O)(CC(=O)O)C(=O)O. The Morgan fingerprint density at radius 2 is 1.65 bits per heavy atom. The van der Waals surface area contributed by atoms with Crippen LogP contribution in [0.3, 0.4) is 0 Å². The third-order valence-electron chi connectivity index (χ3n) is 5.93. The fourth-order valence-electron chi connectivity index (χ4n) is 4.10. The van der Waals surface area contributed by atoms with Gasteiger partial charge in [-0.25, -0.2) is 4.79 Å². The molecule has 37 heavy (non-hydrogen) atoms. The van der Waals surface area contributed by atoms with Gasteiger partial charge in [-0.2, -0.15) is 13.2 Å². The molecule has 0 bridgehead atoms. The monoisotopic (exact) mass is 530 g/mol. The van der Waals surface area contributed by atoms with Crippen LogP contribution in [0, 0.1) is 12.8 Å². The summed E-state index contributed by atoms with van der Waals surface area (Å²) in [6.07, 6.45) is -2.35. The lowest BCUT2D eigenvalue weighted by atomic mass is 9.96. The first kappa shape index (κ1) is 29.8. The summed E-state index contributed by atoms with van der Waals surface area (Å²) in [5.74, 6) is -3.64. The summed E-state index contributed by atoms with van der Waals surface area (Å²) in [6.45, 7) is 2.48. The number of hydrogen-bond acceptors (Lipinski definition) is 7. The lowest BCUT2D eigenvalue weighted by Crippen LogP contribution is -2.42. The molecule has 0 saturated heterocycles. The Bertz CT molecular complexity index is 1050. The molecule has 5 N–H and O–H groups in total. The summed E-state index contributed by atoms with van der Waals surface area (Å²) in [7, 11) is 0. The van der Waals surface area contributed by atoms with Crippen molar-refractivity contribution in [2.24, 2.45) is 5.92 Å². The normalized spacial score (nSPS) is 17.6. The van der Waals surface area contributed by atoms with E-state index in [2.05, 4.69) is 10.5 Å². The van der Waals surface area contributed by atoms with Gasteiger partial charge in [0.05, 0.1) is 24.1 Å². The van der Waals surface area contributed by atoms with E-state index in [0.717, 1.165) is 54.8 Å². The molecule has 0 unspecified atom stereocenters. The Balaban J connectivity index is 0.000000317. The molecule has 0 spiro atoms. The van der Waals surface area contributed by atoms with Gasteiger partial charge in [0.15, 0.2) is 5.60 Å². The number of aliphatic hydroxyl groups is 1. The number of carbonyl (C=O) groups is 3. The van der Waals surface area contributed by atoms with Crippen molar-refractivity contribution in [1.29, 1.82) is 0 Å². The van der Waals surface area contributed by atoms with Gasteiger partial charge in [-0.15, -0.1) is 0 Å². The van der Waals surface area contributed by atoms with Crippen LogP contribution in [0.25, 0.3) is 0 Å². The second-order valence-corrected chi connectivity index (χ2v) is 8.99. The molecule has 1 aromatic carbocycles. The maximum Gasteiger partial charge on any atom is 0.416 e. The van der Waals surface area contributed by atoms with Crippen molar-refractivity contribution in [3.05, 3.63) is 52.9 Å². The minimum atomic E-state index is -4.28. The molecule has 1 heterocycles. The molecule has 0 amide bonds. The maximum atomic E-state index is 12.6. The number of aromatic nitrogens is 1. The number of nitrogens with zero attached hydrogens (tertiary/aromatic N) is 1. The third-order valence-corrected chi connectivity index (χ3v) is 5.93. The molecule has 1 fully saturated rings. The third kappa shape index (κ3) is 9.50. The highest BCUT2D eigenvalue weighted by Crippen LogP contribution is 2.31. The number of carboxylic acids is 3. The van der Waals surface area contributed by atoms with Gasteiger partial charge in [-0.05, 0) is 43.4 Å². The lowest BCUT2D eigenvalue weighted by Gasteiger charge is -2.20. The minimum absolute atomic E-state index is 0.359. The average Bonchev–Trinajstić information content (AvgIpc) is 3.39. The van der Waals surface area contributed by atoms with Gasteiger partial charge >= 0.3 is 24.1 Å². The fraction of sp³-hybridized carbons (Fsp3) is 0.500. The Kier molecular flexibility index (Phi) is 10.2. The Hall–Kier alpha value is -3.45. The van der Waals surface area contributed by atoms with Gasteiger partial charge < -0.3 is 30.3 Å². The van der Waals surface area contributed by atoms with Gasteiger partial charge in [0.2, 0.25) is 0 Å². The fourth-order valence-corrected chi connectivity index (χ4v) is 4.10. The molecule has 3 rings (SSSR count). The van der Waals surface area contributed by atoms with E-state index >= 15 is 0 Å². The highest BCUT2D eigenvalue weighted by atomic mass is 19.4. The van der Waals surface area contributed by atoms with Crippen molar-refractivity contribution in [3.8, 4) is 0 Å². The van der Waals surface area contributed by atoms with Crippen molar-refractivity contribution in [3.63, 3.8) is 0 Å². The molecule has 0 radical (unpaired) electrons. The topological polar surface area (TPSA) is 170 Å². The van der Waals surface area contributed by atoms with E-state index in [1.807, 2.05) is 13.0 Å². The van der Waals surface area contributed by atoms with Crippen LogP contribution in [0.15, 0.2) is 34.9 Å². The quantitative estimate of drug-likeness (QED) is 0.307. The number of rotatable bonds is 10. The summed E-state index contributed by atoms with van der Waals surface area (Å²) in [6, 6.07) is 7.68. The maximum absolute atomic E-state index is 12.6. The van der Waals surface area contributed by atoms with Crippen LogP contribution in [0.2, 0.25) is 0 Å². The number of aryl methyl sites for hydroxylation is 1. The number of halogens is 3. The number of hydrogen-bond donors (Lipinski definition) is 5. The van der Waals surface area contributed by atoms with Gasteiger partial charge in [-0.1, -0.05) is 23.7 Å². The number of nitrogens with one attached hydrogen (secondary N) is 1. The largest absolute Gasteiger partial charge is 0.481 e. The second kappa shape index (κ2) is 12.7. The van der Waals surface area contributed by atoms with Crippen molar-refractivity contribution in [2.45, 2.75) is 69.8 Å². The lowest BCUT2D eigenvalue weighted by molar-refractivity contribution is -0.170. The number of aliphatic carboxylic acids is 3. The zero-order chi connectivity index (χ0) is 27.8. The first-order valence-electron chi connectivity index (χ1n) is 11.4. The van der Waals surface area contributed by atoms with Gasteiger partial charge in [0.1, 0.15) is 5.76 Å². The molecule has 1 aliphatic rings. The van der Waals surface area contributed by atoms with Crippen LogP contribution in [-0.4, -0.2) is 55.1 Å². The molecule has 1 saturated carbocycles. The van der Waals surface area contributed by atoms with Crippen LogP contribution in [0.1, 0.15) is 54.7 Å². The molecule has 10 nitrogen and oxygen atoms in total. The molecule has 204 valence electrons. The predicted octanol–water partition coefficient (Wildman–Crippen LogP) is 3.25. The van der Waals surface area contributed by atoms with Crippen LogP contribution < -0.4 is 5.32 Å². The Morgan fingerprint density at radius 3 is 2.11 bits per heavy atom. The number of alkyl halides is 3. The molecule has 1 aromatic heterocycles. The highest BCUT2D eigenvalue weighted by molar-refractivity contribution is 5.88. The molecule has 13 heteroatoms. The van der Waals surface area contributed by atoms with Gasteiger partial charge in [0, 0.05) is 25.1 Å². The van der Waals surface area contributed by atoms with E-state index in [4.69, 9.17) is 24.9 Å². The Labute approximate surface area is 210 Å². The Morgan fingerprint density at radius 1 is 1.05 bits per heavy atom. The first-order valence-corrected chi connectivity index (χ1v) is 11.4. The van der Waals surface area contributed by atoms with E-state index in [-0.39, 0.29) is 0 Å². The molecule has 2 atom stereocenters. The number of benzene rings is 1. The van der Waals surface area contributed by atoms with Crippen LogP contribution in [-0.2, 0) is 33.5 Å². The summed E-state index contributed by atoms with van der Waals surface area (Å²) in [5, 5.41) is 41.2. The standard InChI is InChI=1S/C18H21F3N2O.C6H8O7/c1-12-9-16(24-23-12)10-14-3-2-4-17(14)22-11-13-5-7-15(8-6-13)18(19,20)21;7-3(8)1-6(13,5(11)12)2-4(9)10/h5-9,14,17,22H,2-4,10-11H2,1H3;13H,1-2H2,(H,7,8)(H,9,10)(H,11,12)/t14-,17+;/m0./s1. The molecular weight excluding hydrogens is 501 g/mol. The van der Waals surface area contributed by atoms with Crippen molar-refractivity contribution in [2.75, 3.05) is 0 Å². The van der Waals surface area contributed by atoms with Crippen molar-refractivity contribution < 1.29 is 52.5 Å². The van der Waals surface area contributed by atoms with Gasteiger partial charge in [0.25, 0.3) is 0 Å². The molecule has 2 aromatic rings. The predicted molar refractivity (Wildman–Crippen MR) is 121 cm³/mol. The zero-order valence-corrected chi connectivity index (χ0v) is 20.0. The molecule has 1 aliphatic carbocycles. The smallest absolute Gasteiger partial charge is 0.416 e. The summed E-state index contributed by atoms with van der Waals surface area (Å²) in [5.41, 5.74) is -1.59. The van der Waals surface area contributed by atoms with E-state index in [9.17, 15) is 27.6 Å². The first-order chi connectivity index (χ1) is 17.2. The minimum Gasteiger partial charge on any atom is -0.481 e. The summed E-state index contributed by atoms with van der Waals surface area (Å²) in [4.78, 5) is 30.5. The summed E-state index contributed by atoms with van der Waals surface area (Å²) >= 11 is 0. The van der Waals surface area contributed by atoms with Crippen LogP contribution in [0.5, 0.6) is 0 Å². The van der Waals surface area contributed by atoms with Gasteiger partial charge in [-0.3, -0.25) is 9.59 Å². The number of carboxylic acid groups (broad SMARTS) is 3. The highest BCUT2D eigenvalue weighted by Gasteiger charge is 2.40. The molecular formula is C24H29F3N2O8. The molecule has 0 aliphatic heterocycles. The van der Waals surface area contributed by atoms with E-state index in [0.29, 0.717) is 18.5 Å². The second-order valence-electron chi connectivity index (χ2n) is 8.99.